The van der Waals surface area contributed by atoms with Crippen molar-refractivity contribution in [2.75, 3.05) is 11.9 Å². The van der Waals surface area contributed by atoms with Crippen molar-refractivity contribution in [3.63, 3.8) is 0 Å². The lowest BCUT2D eigenvalue weighted by molar-refractivity contribution is -0.119. The maximum absolute atomic E-state index is 13.0. The van der Waals surface area contributed by atoms with E-state index in [9.17, 15) is 9.18 Å². The van der Waals surface area contributed by atoms with Crippen molar-refractivity contribution in [2.45, 2.75) is 12.3 Å². The lowest BCUT2D eigenvalue weighted by atomic mass is 10.1. The molecule has 1 aliphatic rings. The Hall–Kier alpha value is -3.08. The number of carbonyl (C=O) groups is 1. The van der Waals surface area contributed by atoms with Crippen LogP contribution in [0, 0.1) is 11.7 Å². The van der Waals surface area contributed by atoms with Gasteiger partial charge in [-0.25, -0.2) is 4.39 Å². The van der Waals surface area contributed by atoms with Gasteiger partial charge in [-0.3, -0.25) is 9.69 Å². The van der Waals surface area contributed by atoms with Crippen molar-refractivity contribution in [3.8, 4) is 11.3 Å². The molecule has 0 aliphatic heterocycles. The van der Waals surface area contributed by atoms with Gasteiger partial charge in [-0.05, 0) is 42.2 Å². The first-order valence-corrected chi connectivity index (χ1v) is 8.55. The summed E-state index contributed by atoms with van der Waals surface area (Å²) < 4.78 is 13.0. The number of anilines is 1. The predicted octanol–water partition coefficient (Wildman–Crippen LogP) is 4.05. The molecule has 1 amide bonds. The van der Waals surface area contributed by atoms with Crippen LogP contribution < -0.4 is 4.90 Å². The van der Waals surface area contributed by atoms with Crippen LogP contribution in [0.5, 0.6) is 0 Å². The van der Waals surface area contributed by atoms with Gasteiger partial charge in [-0.15, -0.1) is 10.2 Å². The highest BCUT2D eigenvalue weighted by Gasteiger charge is 2.45. The molecule has 4 nitrogen and oxygen atoms in total. The van der Waals surface area contributed by atoms with E-state index in [1.165, 1.54) is 12.1 Å². The predicted molar refractivity (Wildman–Crippen MR) is 98.1 cm³/mol. The van der Waals surface area contributed by atoms with E-state index in [0.29, 0.717) is 5.82 Å². The molecule has 2 unspecified atom stereocenters. The van der Waals surface area contributed by atoms with Gasteiger partial charge in [-0.2, -0.15) is 0 Å². The molecule has 0 saturated heterocycles. The third kappa shape index (κ3) is 3.20. The van der Waals surface area contributed by atoms with Crippen LogP contribution in [0.2, 0.25) is 0 Å². The fourth-order valence-electron chi connectivity index (χ4n) is 3.17. The summed E-state index contributed by atoms with van der Waals surface area (Å²) in [6.07, 6.45) is 0.782. The Balaban J connectivity index is 1.45. The molecule has 26 heavy (non-hydrogen) atoms. The largest absolute Gasteiger partial charge is 0.298 e. The molecule has 4 rings (SSSR count). The number of nitrogens with zero attached hydrogens (tertiary/aromatic N) is 3. The van der Waals surface area contributed by atoms with E-state index in [4.69, 9.17) is 0 Å². The van der Waals surface area contributed by atoms with Gasteiger partial charge in [0.25, 0.3) is 0 Å². The second-order valence-electron chi connectivity index (χ2n) is 6.54. The van der Waals surface area contributed by atoms with E-state index in [1.807, 2.05) is 42.5 Å². The summed E-state index contributed by atoms with van der Waals surface area (Å²) >= 11 is 0. The average Bonchev–Trinajstić information content (AvgIpc) is 3.49. The number of halogens is 1. The van der Waals surface area contributed by atoms with Gasteiger partial charge < -0.3 is 0 Å². The Labute approximate surface area is 151 Å². The zero-order valence-electron chi connectivity index (χ0n) is 14.3. The SMILES string of the molecule is CN(C(=O)C1CC1c1ccc(F)cc1)c1ccc(-c2ccccc2)nn1. The number of benzene rings is 2. The number of hydrogen-bond acceptors (Lipinski definition) is 3. The molecular formula is C21H18FN3O. The maximum atomic E-state index is 13.0. The van der Waals surface area contributed by atoms with E-state index >= 15 is 0 Å². The molecule has 0 N–H and O–H groups in total. The number of rotatable bonds is 4. The minimum atomic E-state index is -0.261. The molecule has 1 aliphatic carbocycles. The Morgan fingerprint density at radius 1 is 1.00 bits per heavy atom. The van der Waals surface area contributed by atoms with Crippen LogP contribution in [-0.2, 0) is 4.79 Å². The Morgan fingerprint density at radius 3 is 2.38 bits per heavy atom. The standard InChI is InChI=1S/C21H18FN3O/c1-25(20-12-11-19(23-24-20)15-5-3-2-4-6-15)21(26)18-13-17(18)14-7-9-16(22)10-8-14/h2-12,17-18H,13H2,1H3. The first kappa shape index (κ1) is 16.4. The first-order chi connectivity index (χ1) is 12.6. The fourth-order valence-corrected chi connectivity index (χ4v) is 3.17. The van der Waals surface area contributed by atoms with Crippen LogP contribution in [0.25, 0.3) is 11.3 Å². The fraction of sp³-hybridized carbons (Fsp3) is 0.190. The lowest BCUT2D eigenvalue weighted by Gasteiger charge is -2.16. The third-order valence-electron chi connectivity index (χ3n) is 4.80. The molecule has 1 fully saturated rings. The zero-order chi connectivity index (χ0) is 18.1. The van der Waals surface area contributed by atoms with Gasteiger partial charge in [0.2, 0.25) is 5.91 Å². The summed E-state index contributed by atoms with van der Waals surface area (Å²) in [5, 5.41) is 8.43. The molecule has 5 heteroatoms. The summed E-state index contributed by atoms with van der Waals surface area (Å²) in [4.78, 5) is 14.2. The van der Waals surface area contributed by atoms with Crippen molar-refractivity contribution >= 4 is 11.7 Å². The summed E-state index contributed by atoms with van der Waals surface area (Å²) in [6.45, 7) is 0. The van der Waals surface area contributed by atoms with Crippen molar-refractivity contribution in [1.29, 1.82) is 0 Å². The summed E-state index contributed by atoms with van der Waals surface area (Å²) in [6, 6.07) is 19.8. The van der Waals surface area contributed by atoms with E-state index in [-0.39, 0.29) is 23.6 Å². The van der Waals surface area contributed by atoms with Crippen LogP contribution in [-0.4, -0.2) is 23.2 Å². The maximum Gasteiger partial charge on any atom is 0.231 e. The zero-order valence-corrected chi connectivity index (χ0v) is 14.3. The van der Waals surface area contributed by atoms with Crippen molar-refractivity contribution in [3.05, 3.63) is 78.1 Å². The highest BCUT2D eigenvalue weighted by atomic mass is 19.1. The van der Waals surface area contributed by atoms with Crippen LogP contribution >= 0.6 is 0 Å². The van der Waals surface area contributed by atoms with Crippen molar-refractivity contribution in [2.24, 2.45) is 5.92 Å². The second kappa shape index (κ2) is 6.67. The van der Waals surface area contributed by atoms with E-state index < -0.39 is 0 Å². The topological polar surface area (TPSA) is 46.1 Å². The molecule has 0 spiro atoms. The molecule has 130 valence electrons. The highest BCUT2D eigenvalue weighted by molar-refractivity contribution is 5.96. The Kier molecular flexibility index (Phi) is 4.21. The molecule has 2 atom stereocenters. The molecule has 2 aromatic carbocycles. The van der Waals surface area contributed by atoms with Crippen LogP contribution in [0.4, 0.5) is 10.2 Å². The summed E-state index contributed by atoms with van der Waals surface area (Å²) in [5.41, 5.74) is 2.76. The first-order valence-electron chi connectivity index (χ1n) is 8.55. The number of amides is 1. The Morgan fingerprint density at radius 2 is 1.73 bits per heavy atom. The molecular weight excluding hydrogens is 329 g/mol. The van der Waals surface area contributed by atoms with Crippen LogP contribution in [0.1, 0.15) is 17.9 Å². The minimum Gasteiger partial charge on any atom is -0.298 e. The lowest BCUT2D eigenvalue weighted by Crippen LogP contribution is -2.29. The van der Waals surface area contributed by atoms with Crippen LogP contribution in [0.15, 0.2) is 66.7 Å². The number of hydrogen-bond donors (Lipinski definition) is 0. The summed E-state index contributed by atoms with van der Waals surface area (Å²) in [5.74, 6) is 0.354. The van der Waals surface area contributed by atoms with E-state index in [0.717, 1.165) is 23.2 Å². The van der Waals surface area contributed by atoms with Crippen molar-refractivity contribution in [1.82, 2.24) is 10.2 Å². The third-order valence-corrected chi connectivity index (χ3v) is 4.80. The number of carbonyl (C=O) groups excluding carboxylic acids is 1. The minimum absolute atomic E-state index is 0.0149. The Bertz CT molecular complexity index is 910. The van der Waals surface area contributed by atoms with Gasteiger partial charge in [0.1, 0.15) is 5.82 Å². The average molecular weight is 347 g/mol. The quantitative estimate of drug-likeness (QED) is 0.715. The second-order valence-corrected chi connectivity index (χ2v) is 6.54. The number of aromatic nitrogens is 2. The van der Waals surface area contributed by atoms with Gasteiger partial charge in [0.15, 0.2) is 5.82 Å². The van der Waals surface area contributed by atoms with E-state index in [1.54, 1.807) is 24.1 Å². The normalized spacial score (nSPS) is 18.4. The molecule has 1 heterocycles. The van der Waals surface area contributed by atoms with Gasteiger partial charge >= 0.3 is 0 Å². The molecule has 1 aromatic heterocycles. The van der Waals surface area contributed by atoms with Crippen molar-refractivity contribution < 1.29 is 9.18 Å². The highest BCUT2D eigenvalue weighted by Crippen LogP contribution is 2.48. The van der Waals surface area contributed by atoms with E-state index in [2.05, 4.69) is 10.2 Å². The monoisotopic (exact) mass is 347 g/mol. The van der Waals surface area contributed by atoms with Gasteiger partial charge in [0, 0.05) is 18.5 Å². The molecule has 1 saturated carbocycles. The van der Waals surface area contributed by atoms with Crippen LogP contribution in [0.3, 0.4) is 0 Å². The molecule has 0 bridgehead atoms. The smallest absolute Gasteiger partial charge is 0.231 e. The molecule has 3 aromatic rings. The molecule has 0 radical (unpaired) electrons. The van der Waals surface area contributed by atoms with Gasteiger partial charge in [0.05, 0.1) is 5.69 Å². The van der Waals surface area contributed by atoms with Gasteiger partial charge in [-0.1, -0.05) is 42.5 Å². The summed E-state index contributed by atoms with van der Waals surface area (Å²) in [7, 11) is 1.72.